The lowest BCUT2D eigenvalue weighted by Crippen LogP contribution is -2.44. The van der Waals surface area contributed by atoms with E-state index in [9.17, 15) is 13.6 Å². The number of aromatic nitrogens is 2. The zero-order valence-electron chi connectivity index (χ0n) is 13.2. The van der Waals surface area contributed by atoms with Crippen LogP contribution in [-0.4, -0.2) is 54.2 Å². The van der Waals surface area contributed by atoms with Crippen molar-refractivity contribution < 1.29 is 13.6 Å². The van der Waals surface area contributed by atoms with Crippen molar-refractivity contribution in [3.63, 3.8) is 0 Å². The number of amides is 1. The molecule has 6 nitrogen and oxygen atoms in total. The summed E-state index contributed by atoms with van der Waals surface area (Å²) in [6.07, 6.45) is 0. The van der Waals surface area contributed by atoms with E-state index in [0.29, 0.717) is 5.82 Å². The molecule has 8 heteroatoms. The average molecular weight is 333 g/mol. The number of likely N-dealkylation sites (N-methyl/N-ethyl adjacent to an activating group) is 1. The van der Waals surface area contributed by atoms with Gasteiger partial charge in [0.1, 0.15) is 17.3 Å². The minimum Gasteiger partial charge on any atom is -0.353 e. The maximum Gasteiger partial charge on any atom is 0.276 e. The molecule has 0 spiro atoms. The summed E-state index contributed by atoms with van der Waals surface area (Å²) in [6.45, 7) is 3.52. The highest BCUT2D eigenvalue weighted by atomic mass is 19.1. The van der Waals surface area contributed by atoms with Crippen molar-refractivity contribution in [3.05, 3.63) is 47.7 Å². The predicted molar refractivity (Wildman–Crippen MR) is 86.1 cm³/mol. The number of nitrogens with one attached hydrogen (secondary N) is 1. The van der Waals surface area contributed by atoms with Gasteiger partial charge in [-0.15, -0.1) is 10.2 Å². The number of benzene rings is 1. The third kappa shape index (κ3) is 3.48. The molecular weight excluding hydrogens is 316 g/mol. The number of rotatable bonds is 3. The number of hydrogen-bond donors (Lipinski definition) is 1. The summed E-state index contributed by atoms with van der Waals surface area (Å²) >= 11 is 0. The maximum absolute atomic E-state index is 13.6. The number of carbonyl (C=O) groups is 1. The summed E-state index contributed by atoms with van der Waals surface area (Å²) in [5.74, 6) is -1.72. The molecule has 1 saturated heterocycles. The van der Waals surface area contributed by atoms with Crippen LogP contribution in [0.4, 0.5) is 20.3 Å². The fraction of sp³-hybridized carbons (Fsp3) is 0.312. The molecular formula is C16H17F2N5O. The van der Waals surface area contributed by atoms with Gasteiger partial charge < -0.3 is 15.1 Å². The maximum atomic E-state index is 13.6. The number of hydrogen-bond acceptors (Lipinski definition) is 5. The summed E-state index contributed by atoms with van der Waals surface area (Å²) in [6, 6.07) is 6.55. The van der Waals surface area contributed by atoms with Crippen molar-refractivity contribution in [2.75, 3.05) is 43.4 Å². The van der Waals surface area contributed by atoms with E-state index in [1.807, 2.05) is 0 Å². The summed E-state index contributed by atoms with van der Waals surface area (Å²) in [5.41, 5.74) is -0.497. The van der Waals surface area contributed by atoms with Crippen LogP contribution in [0.25, 0.3) is 0 Å². The van der Waals surface area contributed by atoms with Crippen LogP contribution in [-0.2, 0) is 0 Å². The van der Waals surface area contributed by atoms with Crippen molar-refractivity contribution in [3.8, 4) is 0 Å². The quantitative estimate of drug-likeness (QED) is 0.927. The molecule has 3 rings (SSSR count). The van der Waals surface area contributed by atoms with Crippen LogP contribution in [0, 0.1) is 11.6 Å². The van der Waals surface area contributed by atoms with Gasteiger partial charge in [-0.3, -0.25) is 4.79 Å². The van der Waals surface area contributed by atoms with Gasteiger partial charge in [0.2, 0.25) is 0 Å². The van der Waals surface area contributed by atoms with Crippen LogP contribution < -0.4 is 10.2 Å². The molecule has 1 fully saturated rings. The Labute approximate surface area is 138 Å². The van der Waals surface area contributed by atoms with Crippen molar-refractivity contribution in [2.24, 2.45) is 0 Å². The van der Waals surface area contributed by atoms with Crippen molar-refractivity contribution in [1.29, 1.82) is 0 Å². The number of halogens is 2. The Morgan fingerprint density at radius 2 is 1.71 bits per heavy atom. The lowest BCUT2D eigenvalue weighted by molar-refractivity contribution is 0.102. The van der Waals surface area contributed by atoms with E-state index < -0.39 is 23.2 Å². The molecule has 24 heavy (non-hydrogen) atoms. The van der Waals surface area contributed by atoms with E-state index >= 15 is 0 Å². The van der Waals surface area contributed by atoms with E-state index in [4.69, 9.17) is 0 Å². The van der Waals surface area contributed by atoms with E-state index in [0.717, 1.165) is 38.3 Å². The first-order valence-corrected chi connectivity index (χ1v) is 7.57. The van der Waals surface area contributed by atoms with Crippen LogP contribution >= 0.6 is 0 Å². The second-order valence-electron chi connectivity index (χ2n) is 5.62. The molecule has 1 aliphatic heterocycles. The molecule has 2 heterocycles. The lowest BCUT2D eigenvalue weighted by atomic mass is 10.2. The van der Waals surface area contributed by atoms with Crippen LogP contribution in [0.15, 0.2) is 30.3 Å². The molecule has 1 amide bonds. The van der Waals surface area contributed by atoms with Gasteiger partial charge in [0.15, 0.2) is 11.5 Å². The number of para-hydroxylation sites is 1. The van der Waals surface area contributed by atoms with Gasteiger partial charge in [0.25, 0.3) is 5.91 Å². The number of piperazine rings is 1. The van der Waals surface area contributed by atoms with Gasteiger partial charge in [-0.25, -0.2) is 8.78 Å². The molecule has 0 unspecified atom stereocenters. The summed E-state index contributed by atoms with van der Waals surface area (Å²) in [5, 5.41) is 10.1. The number of nitrogens with zero attached hydrogens (tertiary/aromatic N) is 4. The highest BCUT2D eigenvalue weighted by Crippen LogP contribution is 2.19. The molecule has 1 aromatic carbocycles. The predicted octanol–water partition coefficient (Wildman–Crippen LogP) is 1.76. The SMILES string of the molecule is CN1CCN(c2ccc(C(=O)Nc3c(F)cccc3F)nn2)CC1. The molecule has 2 aromatic rings. The van der Waals surface area contributed by atoms with Crippen LogP contribution in [0.3, 0.4) is 0 Å². The van der Waals surface area contributed by atoms with Gasteiger partial charge >= 0.3 is 0 Å². The highest BCUT2D eigenvalue weighted by Gasteiger charge is 2.18. The smallest absolute Gasteiger partial charge is 0.276 e. The van der Waals surface area contributed by atoms with Crippen LogP contribution in [0.2, 0.25) is 0 Å². The van der Waals surface area contributed by atoms with E-state index in [1.54, 1.807) is 6.07 Å². The molecule has 1 aromatic heterocycles. The zero-order chi connectivity index (χ0) is 17.1. The Hall–Kier alpha value is -2.61. The number of carbonyl (C=O) groups excluding carboxylic acids is 1. The number of anilines is 2. The molecule has 1 aliphatic rings. The van der Waals surface area contributed by atoms with Gasteiger partial charge in [-0.1, -0.05) is 6.07 Å². The van der Waals surface area contributed by atoms with Crippen LogP contribution in [0.1, 0.15) is 10.5 Å². The van der Waals surface area contributed by atoms with Crippen molar-refractivity contribution >= 4 is 17.4 Å². The minimum atomic E-state index is -0.842. The minimum absolute atomic E-state index is 0.00414. The largest absolute Gasteiger partial charge is 0.353 e. The van der Waals surface area contributed by atoms with Gasteiger partial charge in [-0.05, 0) is 31.3 Å². The second kappa shape index (κ2) is 6.88. The van der Waals surface area contributed by atoms with E-state index in [1.165, 1.54) is 12.1 Å². The highest BCUT2D eigenvalue weighted by molar-refractivity contribution is 6.02. The molecule has 0 bridgehead atoms. The zero-order valence-corrected chi connectivity index (χ0v) is 13.2. The Morgan fingerprint density at radius 1 is 1.04 bits per heavy atom. The monoisotopic (exact) mass is 333 g/mol. The molecule has 0 atom stereocenters. The van der Waals surface area contributed by atoms with E-state index in [-0.39, 0.29) is 5.69 Å². The molecule has 1 N–H and O–H groups in total. The van der Waals surface area contributed by atoms with E-state index in [2.05, 4.69) is 32.4 Å². The third-order valence-corrected chi connectivity index (χ3v) is 3.91. The Morgan fingerprint density at radius 3 is 2.29 bits per heavy atom. The first kappa shape index (κ1) is 16.3. The normalized spacial score (nSPS) is 15.4. The van der Waals surface area contributed by atoms with Gasteiger partial charge in [0.05, 0.1) is 0 Å². The first-order valence-electron chi connectivity index (χ1n) is 7.57. The van der Waals surface area contributed by atoms with Gasteiger partial charge in [-0.2, -0.15) is 0 Å². The standard InChI is InChI=1S/C16H17F2N5O/c1-22-7-9-23(10-8-22)14-6-5-13(20-21-14)16(24)19-15-11(17)3-2-4-12(15)18/h2-6H,7-10H2,1H3,(H,19,24). The molecule has 0 saturated carbocycles. The topological polar surface area (TPSA) is 61.4 Å². The summed E-state index contributed by atoms with van der Waals surface area (Å²) < 4.78 is 27.1. The molecule has 0 radical (unpaired) electrons. The second-order valence-corrected chi connectivity index (χ2v) is 5.62. The molecule has 126 valence electrons. The fourth-order valence-electron chi connectivity index (χ4n) is 2.45. The Balaban J connectivity index is 1.70. The van der Waals surface area contributed by atoms with Gasteiger partial charge in [0, 0.05) is 26.2 Å². The van der Waals surface area contributed by atoms with Crippen LogP contribution in [0.5, 0.6) is 0 Å². The first-order chi connectivity index (χ1) is 11.5. The van der Waals surface area contributed by atoms with Crippen molar-refractivity contribution in [2.45, 2.75) is 0 Å². The Kier molecular flexibility index (Phi) is 4.66. The molecule has 0 aliphatic carbocycles. The fourth-order valence-corrected chi connectivity index (χ4v) is 2.45. The lowest BCUT2D eigenvalue weighted by Gasteiger charge is -2.32. The summed E-state index contributed by atoms with van der Waals surface area (Å²) in [7, 11) is 2.05. The third-order valence-electron chi connectivity index (χ3n) is 3.91. The Bertz CT molecular complexity index is 709. The average Bonchev–Trinajstić information content (AvgIpc) is 2.59. The summed E-state index contributed by atoms with van der Waals surface area (Å²) in [4.78, 5) is 16.4. The van der Waals surface area contributed by atoms with Crippen molar-refractivity contribution in [1.82, 2.24) is 15.1 Å².